The molecule has 1 fully saturated rings. The molecular formula is C5H9NS. The second-order valence-corrected chi connectivity index (χ2v) is 2.98. The van der Waals surface area contributed by atoms with Crippen LogP contribution in [0.5, 0.6) is 0 Å². The van der Waals surface area contributed by atoms with Crippen LogP contribution in [0.2, 0.25) is 0 Å². The molecule has 0 aliphatic carbocycles. The first-order valence-corrected chi connectivity index (χ1v) is 3.24. The first-order valence-electron chi connectivity index (χ1n) is 2.30. The van der Waals surface area contributed by atoms with Crippen LogP contribution in [-0.4, -0.2) is 23.7 Å². The van der Waals surface area contributed by atoms with Crippen LogP contribution < -0.4 is 0 Å². The zero-order valence-corrected chi connectivity index (χ0v) is 5.29. The standard InChI is InChI=1S/C5H9NS/c1-5-3-6(2)7-4-5/h1,3-4H2,2H3. The van der Waals surface area contributed by atoms with Crippen molar-refractivity contribution in [1.82, 2.24) is 4.31 Å². The van der Waals surface area contributed by atoms with E-state index >= 15 is 0 Å². The van der Waals surface area contributed by atoms with Crippen LogP contribution in [-0.2, 0) is 0 Å². The molecule has 0 aromatic heterocycles. The smallest absolute Gasteiger partial charge is 0.0302 e. The molecule has 0 amide bonds. The summed E-state index contributed by atoms with van der Waals surface area (Å²) in [5.74, 6) is 1.12. The lowest BCUT2D eigenvalue weighted by molar-refractivity contribution is 0.644. The minimum atomic E-state index is 1.07. The molecule has 0 saturated carbocycles. The van der Waals surface area contributed by atoms with Gasteiger partial charge >= 0.3 is 0 Å². The summed E-state index contributed by atoms with van der Waals surface area (Å²) in [6.07, 6.45) is 0. The Morgan fingerprint density at radius 1 is 1.86 bits per heavy atom. The summed E-state index contributed by atoms with van der Waals surface area (Å²) in [5, 5.41) is 0. The van der Waals surface area contributed by atoms with Crippen molar-refractivity contribution < 1.29 is 0 Å². The monoisotopic (exact) mass is 115 g/mol. The molecule has 0 radical (unpaired) electrons. The topological polar surface area (TPSA) is 3.24 Å². The van der Waals surface area contributed by atoms with E-state index < -0.39 is 0 Å². The van der Waals surface area contributed by atoms with Gasteiger partial charge in [0.15, 0.2) is 0 Å². The third-order valence-corrected chi connectivity index (χ3v) is 2.04. The molecule has 0 aromatic carbocycles. The Kier molecular flexibility index (Phi) is 1.40. The van der Waals surface area contributed by atoms with Crippen molar-refractivity contribution >= 4 is 11.9 Å². The summed E-state index contributed by atoms with van der Waals surface area (Å²) in [7, 11) is 2.09. The molecule has 0 aromatic rings. The van der Waals surface area contributed by atoms with Crippen LogP contribution in [0.25, 0.3) is 0 Å². The van der Waals surface area contributed by atoms with Gasteiger partial charge in [-0.25, -0.2) is 4.31 Å². The zero-order chi connectivity index (χ0) is 5.28. The van der Waals surface area contributed by atoms with Crippen LogP contribution in [0.3, 0.4) is 0 Å². The lowest BCUT2D eigenvalue weighted by atomic mass is 10.4. The molecule has 0 N–H and O–H groups in total. The maximum atomic E-state index is 3.84. The highest BCUT2D eigenvalue weighted by molar-refractivity contribution is 7.97. The van der Waals surface area contributed by atoms with Crippen LogP contribution in [0.15, 0.2) is 12.2 Å². The summed E-state index contributed by atoms with van der Waals surface area (Å²) in [6, 6.07) is 0. The quantitative estimate of drug-likeness (QED) is 0.344. The lowest BCUT2D eigenvalue weighted by Crippen LogP contribution is -2.02. The number of rotatable bonds is 0. The van der Waals surface area contributed by atoms with Crippen LogP contribution in [0.1, 0.15) is 0 Å². The Bertz CT molecular complexity index is 90.1. The molecule has 2 heteroatoms. The third kappa shape index (κ3) is 1.21. The predicted octanol–water partition coefficient (Wildman–Crippen LogP) is 1.14. The Labute approximate surface area is 48.5 Å². The number of likely N-dealkylation sites (N-methyl/N-ethyl adjacent to an activating group) is 1. The van der Waals surface area contributed by atoms with Gasteiger partial charge in [0.25, 0.3) is 0 Å². The molecule has 1 rings (SSSR count). The van der Waals surface area contributed by atoms with Crippen molar-refractivity contribution in [3.8, 4) is 0 Å². The van der Waals surface area contributed by atoms with Crippen LogP contribution >= 0.6 is 11.9 Å². The van der Waals surface area contributed by atoms with E-state index in [9.17, 15) is 0 Å². The van der Waals surface area contributed by atoms with E-state index in [2.05, 4.69) is 17.9 Å². The summed E-state index contributed by atoms with van der Waals surface area (Å²) in [6.45, 7) is 4.92. The van der Waals surface area contributed by atoms with Gasteiger partial charge in [0.1, 0.15) is 0 Å². The highest BCUT2D eigenvalue weighted by Crippen LogP contribution is 2.19. The highest BCUT2D eigenvalue weighted by atomic mass is 32.2. The number of hydrogen-bond acceptors (Lipinski definition) is 2. The normalized spacial score (nSPS) is 23.9. The van der Waals surface area contributed by atoms with Gasteiger partial charge in [0.2, 0.25) is 0 Å². The fourth-order valence-electron chi connectivity index (χ4n) is 0.608. The Balaban J connectivity index is 2.40. The molecule has 1 aliphatic rings. The molecule has 1 saturated heterocycles. The highest BCUT2D eigenvalue weighted by Gasteiger charge is 2.09. The van der Waals surface area contributed by atoms with E-state index in [0.29, 0.717) is 0 Å². The average Bonchev–Trinajstić information content (AvgIpc) is 1.87. The van der Waals surface area contributed by atoms with Gasteiger partial charge in [-0.2, -0.15) is 0 Å². The van der Waals surface area contributed by atoms with E-state index in [1.54, 1.807) is 0 Å². The van der Waals surface area contributed by atoms with Crippen LogP contribution in [0, 0.1) is 0 Å². The maximum Gasteiger partial charge on any atom is 0.0302 e. The van der Waals surface area contributed by atoms with Gasteiger partial charge in [-0.05, 0) is 7.05 Å². The van der Waals surface area contributed by atoms with Crippen molar-refractivity contribution in [2.45, 2.75) is 0 Å². The van der Waals surface area contributed by atoms with Gasteiger partial charge in [-0.3, -0.25) is 0 Å². The fraction of sp³-hybridized carbons (Fsp3) is 0.600. The van der Waals surface area contributed by atoms with Gasteiger partial charge < -0.3 is 0 Å². The summed E-state index contributed by atoms with van der Waals surface area (Å²) in [4.78, 5) is 0. The first kappa shape index (κ1) is 5.19. The van der Waals surface area contributed by atoms with E-state index in [-0.39, 0.29) is 0 Å². The van der Waals surface area contributed by atoms with Gasteiger partial charge in [-0.15, -0.1) is 0 Å². The summed E-state index contributed by atoms with van der Waals surface area (Å²) < 4.78 is 2.20. The molecule has 1 aliphatic heterocycles. The second-order valence-electron chi connectivity index (χ2n) is 1.81. The van der Waals surface area contributed by atoms with Gasteiger partial charge in [0, 0.05) is 12.3 Å². The van der Waals surface area contributed by atoms with E-state index in [1.165, 1.54) is 5.57 Å². The SMILES string of the molecule is C=C1CSN(C)C1. The maximum absolute atomic E-state index is 3.84. The van der Waals surface area contributed by atoms with Gasteiger partial charge in [-0.1, -0.05) is 24.1 Å². The summed E-state index contributed by atoms with van der Waals surface area (Å²) >= 11 is 1.84. The number of hydrogen-bond donors (Lipinski definition) is 0. The second kappa shape index (κ2) is 1.88. The number of nitrogens with zero attached hydrogens (tertiary/aromatic N) is 1. The minimum absolute atomic E-state index is 1.07. The molecule has 0 unspecified atom stereocenters. The van der Waals surface area contributed by atoms with E-state index in [1.807, 2.05) is 11.9 Å². The third-order valence-electron chi connectivity index (χ3n) is 0.935. The van der Waals surface area contributed by atoms with Crippen molar-refractivity contribution in [1.29, 1.82) is 0 Å². The molecule has 7 heavy (non-hydrogen) atoms. The first-order chi connectivity index (χ1) is 3.29. The Morgan fingerprint density at radius 2 is 2.57 bits per heavy atom. The molecule has 0 atom stereocenters. The predicted molar refractivity (Wildman–Crippen MR) is 34.2 cm³/mol. The average molecular weight is 115 g/mol. The largest absolute Gasteiger partial charge is 0.249 e. The van der Waals surface area contributed by atoms with Crippen LogP contribution in [0.4, 0.5) is 0 Å². The van der Waals surface area contributed by atoms with Crippen molar-refractivity contribution in [2.75, 3.05) is 19.3 Å². The Morgan fingerprint density at radius 3 is 2.71 bits per heavy atom. The van der Waals surface area contributed by atoms with Crippen molar-refractivity contribution in [3.05, 3.63) is 12.2 Å². The lowest BCUT2D eigenvalue weighted by Gasteiger charge is -1.99. The summed E-state index contributed by atoms with van der Waals surface area (Å²) in [5.41, 5.74) is 1.34. The molecule has 40 valence electrons. The molecule has 0 bridgehead atoms. The molecule has 0 spiro atoms. The fourth-order valence-corrected chi connectivity index (χ4v) is 1.38. The molecule has 1 nitrogen and oxygen atoms in total. The van der Waals surface area contributed by atoms with E-state index in [0.717, 1.165) is 12.3 Å². The van der Waals surface area contributed by atoms with Crippen molar-refractivity contribution in [3.63, 3.8) is 0 Å². The van der Waals surface area contributed by atoms with Crippen molar-refractivity contribution in [2.24, 2.45) is 0 Å². The molecular weight excluding hydrogens is 106 g/mol. The minimum Gasteiger partial charge on any atom is -0.249 e. The van der Waals surface area contributed by atoms with E-state index in [4.69, 9.17) is 0 Å². The Hall–Kier alpha value is 0.0500. The van der Waals surface area contributed by atoms with Gasteiger partial charge in [0.05, 0.1) is 0 Å². The molecule has 1 heterocycles. The zero-order valence-electron chi connectivity index (χ0n) is 4.48.